The second-order valence-electron chi connectivity index (χ2n) is 6.74. The maximum atomic E-state index is 4.50. The van der Waals surface area contributed by atoms with Gasteiger partial charge in [0.1, 0.15) is 23.8 Å². The number of fused-ring (bicyclic) bond motifs is 2. The predicted octanol–water partition coefficient (Wildman–Crippen LogP) is 1.35. The van der Waals surface area contributed by atoms with Crippen LogP contribution in [0.2, 0.25) is 0 Å². The highest BCUT2D eigenvalue weighted by Crippen LogP contribution is 2.31. The molecule has 5 rings (SSSR count). The van der Waals surface area contributed by atoms with Crippen molar-refractivity contribution in [2.75, 3.05) is 18.0 Å². The van der Waals surface area contributed by atoms with Crippen LogP contribution in [0.1, 0.15) is 42.5 Å². The Morgan fingerprint density at radius 1 is 1.17 bits per heavy atom. The van der Waals surface area contributed by atoms with E-state index in [0.717, 1.165) is 55.6 Å². The van der Waals surface area contributed by atoms with Crippen LogP contribution < -0.4 is 4.90 Å². The minimum Gasteiger partial charge on any atom is -0.356 e. The minimum atomic E-state index is 0.421. The van der Waals surface area contributed by atoms with Crippen molar-refractivity contribution in [2.45, 2.75) is 45.1 Å². The van der Waals surface area contributed by atoms with E-state index in [1.807, 2.05) is 11.4 Å². The van der Waals surface area contributed by atoms with Crippen molar-refractivity contribution in [3.05, 3.63) is 29.7 Å². The molecule has 0 saturated carbocycles. The van der Waals surface area contributed by atoms with Crippen LogP contribution >= 0.6 is 0 Å². The zero-order valence-electron chi connectivity index (χ0n) is 13.8. The van der Waals surface area contributed by atoms with Crippen LogP contribution in [0.4, 0.5) is 5.82 Å². The first kappa shape index (κ1) is 13.9. The van der Waals surface area contributed by atoms with Gasteiger partial charge in [0.05, 0.1) is 0 Å². The molecule has 2 aliphatic heterocycles. The normalized spacial score (nSPS) is 20.7. The van der Waals surface area contributed by atoms with E-state index >= 15 is 0 Å². The zero-order chi connectivity index (χ0) is 16.1. The molecule has 0 aromatic carbocycles. The molecule has 2 aliphatic rings. The summed E-state index contributed by atoms with van der Waals surface area (Å²) >= 11 is 0. The van der Waals surface area contributed by atoms with E-state index in [0.29, 0.717) is 11.7 Å². The van der Waals surface area contributed by atoms with Gasteiger partial charge >= 0.3 is 0 Å². The predicted molar refractivity (Wildman–Crippen MR) is 88.1 cm³/mol. The van der Waals surface area contributed by atoms with Crippen LogP contribution in [0.5, 0.6) is 0 Å². The molecule has 0 aliphatic carbocycles. The van der Waals surface area contributed by atoms with Gasteiger partial charge in [-0.3, -0.25) is 0 Å². The maximum absolute atomic E-state index is 4.50. The molecule has 24 heavy (non-hydrogen) atoms. The highest BCUT2D eigenvalue weighted by atomic mass is 15.4. The lowest BCUT2D eigenvalue weighted by atomic mass is 9.97. The van der Waals surface area contributed by atoms with E-state index in [1.165, 1.54) is 12.8 Å². The van der Waals surface area contributed by atoms with Crippen molar-refractivity contribution < 1.29 is 0 Å². The van der Waals surface area contributed by atoms with Gasteiger partial charge in [-0.25, -0.2) is 4.98 Å². The summed E-state index contributed by atoms with van der Waals surface area (Å²) in [5.74, 6) is 4.47. The van der Waals surface area contributed by atoms with E-state index in [9.17, 15) is 0 Å². The number of piperidine rings is 1. The van der Waals surface area contributed by atoms with Gasteiger partial charge in [0.2, 0.25) is 0 Å². The van der Waals surface area contributed by atoms with Crippen LogP contribution in [-0.4, -0.2) is 47.4 Å². The fourth-order valence-electron chi connectivity index (χ4n) is 4.01. The Bertz CT molecular complexity index is 895. The molecule has 1 fully saturated rings. The van der Waals surface area contributed by atoms with Crippen LogP contribution in [0.15, 0.2) is 12.4 Å². The highest BCUT2D eigenvalue weighted by molar-refractivity contribution is 5.47. The van der Waals surface area contributed by atoms with Crippen molar-refractivity contribution >= 4 is 11.6 Å². The van der Waals surface area contributed by atoms with Gasteiger partial charge in [0, 0.05) is 43.7 Å². The van der Waals surface area contributed by atoms with Crippen molar-refractivity contribution in [2.24, 2.45) is 0 Å². The topological polar surface area (TPSA) is 77.0 Å². The van der Waals surface area contributed by atoms with Crippen molar-refractivity contribution in [1.82, 2.24) is 34.3 Å². The lowest BCUT2D eigenvalue weighted by molar-refractivity contribution is 0.468. The van der Waals surface area contributed by atoms with Crippen LogP contribution in [0.3, 0.4) is 0 Å². The molecule has 0 spiro atoms. The molecule has 3 aromatic heterocycles. The number of nitrogens with zero attached hydrogens (tertiary/aromatic N) is 8. The van der Waals surface area contributed by atoms with E-state index in [4.69, 9.17) is 0 Å². The first-order chi connectivity index (χ1) is 11.8. The lowest BCUT2D eigenvalue weighted by Crippen LogP contribution is -2.36. The number of hydrogen-bond acceptors (Lipinski definition) is 6. The first-order valence-electron chi connectivity index (χ1n) is 8.64. The fourth-order valence-corrected chi connectivity index (χ4v) is 4.01. The summed E-state index contributed by atoms with van der Waals surface area (Å²) in [6, 6.07) is 2.10. The molecule has 124 valence electrons. The maximum Gasteiger partial charge on any atom is 0.254 e. The number of aromatic nitrogens is 7. The number of anilines is 1. The molecule has 1 atom stereocenters. The largest absolute Gasteiger partial charge is 0.356 e. The molecule has 0 N–H and O–H groups in total. The highest BCUT2D eigenvalue weighted by Gasteiger charge is 2.29. The third-order valence-electron chi connectivity index (χ3n) is 5.11. The molecular weight excluding hydrogens is 304 g/mol. The van der Waals surface area contributed by atoms with Gasteiger partial charge in [-0.1, -0.05) is 0 Å². The third-order valence-corrected chi connectivity index (χ3v) is 5.11. The standard InChI is InChI=1S/C16H20N8/c1-11-8-14(24-16(19-11)17-10-18-24)22-6-2-4-12(9-22)15-21-20-13-5-3-7-23(13)15/h8,10,12H,2-7,9H2,1H3. The molecule has 3 aromatic rings. The molecule has 8 heteroatoms. The molecule has 1 saturated heterocycles. The Morgan fingerprint density at radius 3 is 3.08 bits per heavy atom. The molecule has 8 nitrogen and oxygen atoms in total. The van der Waals surface area contributed by atoms with Gasteiger partial charge in [0.25, 0.3) is 5.78 Å². The molecule has 0 bridgehead atoms. The molecule has 0 radical (unpaired) electrons. The second kappa shape index (κ2) is 5.25. The SMILES string of the molecule is Cc1cc(N2CCCC(c3nnc4n3CCC4)C2)n2ncnc2n1. The van der Waals surface area contributed by atoms with Crippen LogP contribution in [0, 0.1) is 6.92 Å². The van der Waals surface area contributed by atoms with Gasteiger partial charge in [-0.05, 0) is 26.2 Å². The average Bonchev–Trinajstić information content (AvgIpc) is 3.30. The summed E-state index contributed by atoms with van der Waals surface area (Å²) < 4.78 is 4.17. The smallest absolute Gasteiger partial charge is 0.254 e. The molecule has 5 heterocycles. The summed E-state index contributed by atoms with van der Waals surface area (Å²) in [7, 11) is 0. The quantitative estimate of drug-likeness (QED) is 0.708. The zero-order valence-corrected chi connectivity index (χ0v) is 13.8. The van der Waals surface area contributed by atoms with Gasteiger partial charge < -0.3 is 9.47 Å². The van der Waals surface area contributed by atoms with Crippen molar-refractivity contribution in [1.29, 1.82) is 0 Å². The lowest BCUT2D eigenvalue weighted by Gasteiger charge is -2.33. The second-order valence-corrected chi connectivity index (χ2v) is 6.74. The summed E-state index contributed by atoms with van der Waals surface area (Å²) in [6.45, 7) is 5.04. The van der Waals surface area contributed by atoms with Crippen LogP contribution in [-0.2, 0) is 13.0 Å². The van der Waals surface area contributed by atoms with E-state index in [2.05, 4.69) is 40.8 Å². The number of aryl methyl sites for hydroxylation is 2. The van der Waals surface area contributed by atoms with E-state index in [-0.39, 0.29) is 0 Å². The van der Waals surface area contributed by atoms with E-state index in [1.54, 1.807) is 6.33 Å². The summed E-state index contributed by atoms with van der Waals surface area (Å²) in [5.41, 5.74) is 0.969. The van der Waals surface area contributed by atoms with Gasteiger partial charge in [-0.2, -0.15) is 14.6 Å². The Kier molecular flexibility index (Phi) is 3.04. The fraction of sp³-hybridized carbons (Fsp3) is 0.562. The number of hydrogen-bond donors (Lipinski definition) is 0. The van der Waals surface area contributed by atoms with Gasteiger partial charge in [0.15, 0.2) is 0 Å². The Balaban J connectivity index is 1.49. The summed E-state index contributed by atoms with van der Waals surface area (Å²) in [5, 5.41) is 13.2. The molecule has 1 unspecified atom stereocenters. The average molecular weight is 324 g/mol. The monoisotopic (exact) mass is 324 g/mol. The van der Waals surface area contributed by atoms with Crippen molar-refractivity contribution in [3.8, 4) is 0 Å². The number of rotatable bonds is 2. The Morgan fingerprint density at radius 2 is 2.12 bits per heavy atom. The Labute approximate surface area is 139 Å². The molecule has 0 amide bonds. The first-order valence-corrected chi connectivity index (χ1v) is 8.64. The van der Waals surface area contributed by atoms with E-state index < -0.39 is 0 Å². The molecular formula is C16H20N8. The Hall–Kier alpha value is -2.51. The third kappa shape index (κ3) is 2.09. The summed E-state index contributed by atoms with van der Waals surface area (Å²) in [4.78, 5) is 11.1. The van der Waals surface area contributed by atoms with Gasteiger partial charge in [-0.15, -0.1) is 10.2 Å². The minimum absolute atomic E-state index is 0.421. The van der Waals surface area contributed by atoms with Crippen molar-refractivity contribution in [3.63, 3.8) is 0 Å². The summed E-state index contributed by atoms with van der Waals surface area (Å²) in [6.07, 6.45) is 6.13. The van der Waals surface area contributed by atoms with Crippen LogP contribution in [0.25, 0.3) is 5.78 Å².